The summed E-state index contributed by atoms with van der Waals surface area (Å²) in [6.45, 7) is 4.12. The molecule has 1 saturated carbocycles. The Morgan fingerprint density at radius 3 is 2.32 bits per heavy atom. The van der Waals surface area contributed by atoms with Crippen molar-refractivity contribution in [1.82, 2.24) is 10.6 Å². The quantitative estimate of drug-likeness (QED) is 0.627. The van der Waals surface area contributed by atoms with Crippen molar-refractivity contribution < 1.29 is 0 Å². The van der Waals surface area contributed by atoms with Gasteiger partial charge >= 0.3 is 0 Å². The van der Waals surface area contributed by atoms with Gasteiger partial charge in [0.25, 0.3) is 0 Å². The maximum absolute atomic E-state index is 4.33. The van der Waals surface area contributed by atoms with E-state index in [2.05, 4.69) is 65.8 Å². The van der Waals surface area contributed by atoms with Crippen molar-refractivity contribution >= 4 is 11.6 Å². The van der Waals surface area contributed by atoms with E-state index in [0.29, 0.717) is 5.41 Å². The largest absolute Gasteiger partial charge is 0.378 e. The molecule has 0 spiro atoms. The molecular weight excluding hydrogens is 272 g/mol. The molecule has 1 fully saturated rings. The van der Waals surface area contributed by atoms with E-state index in [9.17, 15) is 0 Å². The third kappa shape index (κ3) is 4.15. The number of anilines is 1. The minimum Gasteiger partial charge on any atom is -0.378 e. The molecule has 0 aromatic heterocycles. The minimum atomic E-state index is 0.505. The molecule has 4 heteroatoms. The van der Waals surface area contributed by atoms with E-state index in [0.717, 1.165) is 19.0 Å². The van der Waals surface area contributed by atoms with Crippen LogP contribution in [0.25, 0.3) is 0 Å². The van der Waals surface area contributed by atoms with Crippen molar-refractivity contribution in [2.24, 2.45) is 10.4 Å². The van der Waals surface area contributed by atoms with E-state index >= 15 is 0 Å². The van der Waals surface area contributed by atoms with Gasteiger partial charge in [0, 0.05) is 39.9 Å². The van der Waals surface area contributed by atoms with Crippen LogP contribution in [-0.4, -0.2) is 33.6 Å². The molecule has 0 heterocycles. The molecule has 0 saturated heterocycles. The van der Waals surface area contributed by atoms with Gasteiger partial charge in [-0.1, -0.05) is 25.5 Å². The molecule has 2 N–H and O–H groups in total. The Kier molecular flexibility index (Phi) is 5.69. The first-order valence-electron chi connectivity index (χ1n) is 8.29. The monoisotopic (exact) mass is 302 g/mol. The lowest BCUT2D eigenvalue weighted by atomic mass is 9.67. The zero-order valence-electron chi connectivity index (χ0n) is 14.4. The highest BCUT2D eigenvalue weighted by Gasteiger charge is 2.34. The maximum Gasteiger partial charge on any atom is 0.191 e. The molecule has 22 heavy (non-hydrogen) atoms. The van der Waals surface area contributed by atoms with Gasteiger partial charge in [0.2, 0.25) is 0 Å². The second-order valence-electron chi connectivity index (χ2n) is 6.55. The average molecular weight is 302 g/mol. The molecule has 2 rings (SSSR count). The summed E-state index contributed by atoms with van der Waals surface area (Å²) in [5.41, 5.74) is 2.99. The summed E-state index contributed by atoms with van der Waals surface area (Å²) in [6.07, 6.45) is 5.32. The number of rotatable bonds is 6. The van der Waals surface area contributed by atoms with Gasteiger partial charge in [0.15, 0.2) is 5.96 Å². The van der Waals surface area contributed by atoms with Crippen LogP contribution < -0.4 is 15.5 Å². The summed E-state index contributed by atoms with van der Waals surface area (Å²) in [4.78, 5) is 6.44. The zero-order chi connectivity index (χ0) is 16.0. The lowest BCUT2D eigenvalue weighted by Crippen LogP contribution is -2.46. The lowest BCUT2D eigenvalue weighted by Gasteiger charge is -2.41. The van der Waals surface area contributed by atoms with Gasteiger partial charge in [-0.2, -0.15) is 0 Å². The summed E-state index contributed by atoms with van der Waals surface area (Å²) < 4.78 is 0. The normalized spacial score (nSPS) is 16.8. The number of aliphatic imine (C=N–C) groups is 1. The standard InChI is InChI=1S/C18H30N4/c1-5-18(11-6-12-18)14-21-17(19-2)20-13-15-7-9-16(10-8-15)22(3)4/h7-10H,5-6,11-14H2,1-4H3,(H2,19,20,21). The Balaban J connectivity index is 1.81. The molecule has 122 valence electrons. The van der Waals surface area contributed by atoms with E-state index in [-0.39, 0.29) is 0 Å². The Labute approximate surface area is 135 Å². The van der Waals surface area contributed by atoms with Crippen molar-refractivity contribution in [3.05, 3.63) is 29.8 Å². The molecule has 1 aliphatic rings. The van der Waals surface area contributed by atoms with Gasteiger partial charge in [-0.15, -0.1) is 0 Å². The molecule has 4 nitrogen and oxygen atoms in total. The minimum absolute atomic E-state index is 0.505. The average Bonchev–Trinajstić information content (AvgIpc) is 2.50. The fourth-order valence-corrected chi connectivity index (χ4v) is 2.92. The zero-order valence-corrected chi connectivity index (χ0v) is 14.4. The summed E-state index contributed by atoms with van der Waals surface area (Å²) in [6, 6.07) is 8.62. The van der Waals surface area contributed by atoms with Crippen molar-refractivity contribution in [2.75, 3.05) is 32.6 Å². The van der Waals surface area contributed by atoms with Crippen LogP contribution in [-0.2, 0) is 6.54 Å². The van der Waals surface area contributed by atoms with Crippen LogP contribution in [0.3, 0.4) is 0 Å². The van der Waals surface area contributed by atoms with Gasteiger partial charge in [0.1, 0.15) is 0 Å². The molecular formula is C18H30N4. The van der Waals surface area contributed by atoms with E-state index in [1.807, 2.05) is 7.05 Å². The third-order valence-corrected chi connectivity index (χ3v) is 4.93. The van der Waals surface area contributed by atoms with Crippen molar-refractivity contribution in [3.63, 3.8) is 0 Å². The number of nitrogens with zero attached hydrogens (tertiary/aromatic N) is 2. The molecule has 0 radical (unpaired) electrons. The van der Waals surface area contributed by atoms with Crippen molar-refractivity contribution in [1.29, 1.82) is 0 Å². The molecule has 0 bridgehead atoms. The van der Waals surface area contributed by atoms with Crippen LogP contribution in [0, 0.1) is 5.41 Å². The molecule has 0 aliphatic heterocycles. The molecule has 0 unspecified atom stereocenters. The first-order valence-corrected chi connectivity index (χ1v) is 8.29. The van der Waals surface area contributed by atoms with E-state index in [1.165, 1.54) is 36.9 Å². The van der Waals surface area contributed by atoms with Gasteiger partial charge in [-0.25, -0.2) is 0 Å². The van der Waals surface area contributed by atoms with Crippen LogP contribution >= 0.6 is 0 Å². The van der Waals surface area contributed by atoms with Crippen molar-refractivity contribution in [3.8, 4) is 0 Å². The summed E-state index contributed by atoms with van der Waals surface area (Å²) in [5, 5.41) is 6.90. The Bertz CT molecular complexity index is 481. The first kappa shape index (κ1) is 16.7. The lowest BCUT2D eigenvalue weighted by molar-refractivity contribution is 0.131. The Morgan fingerprint density at radius 1 is 1.18 bits per heavy atom. The van der Waals surface area contributed by atoms with Crippen LogP contribution in [0.2, 0.25) is 0 Å². The van der Waals surface area contributed by atoms with Crippen LogP contribution in [0.4, 0.5) is 5.69 Å². The van der Waals surface area contributed by atoms with Crippen LogP contribution in [0.1, 0.15) is 38.2 Å². The Hall–Kier alpha value is -1.71. The SMILES string of the molecule is CCC1(CNC(=NC)NCc2ccc(N(C)C)cc2)CCC1. The number of benzene rings is 1. The summed E-state index contributed by atoms with van der Waals surface area (Å²) in [5.74, 6) is 0.899. The third-order valence-electron chi connectivity index (χ3n) is 4.93. The maximum atomic E-state index is 4.33. The predicted molar refractivity (Wildman–Crippen MR) is 95.5 cm³/mol. The number of hydrogen-bond donors (Lipinski definition) is 2. The molecule has 0 atom stereocenters. The fourth-order valence-electron chi connectivity index (χ4n) is 2.92. The van der Waals surface area contributed by atoms with Gasteiger partial charge in [-0.3, -0.25) is 4.99 Å². The van der Waals surface area contributed by atoms with Gasteiger partial charge in [0.05, 0.1) is 0 Å². The van der Waals surface area contributed by atoms with Gasteiger partial charge < -0.3 is 15.5 Å². The topological polar surface area (TPSA) is 39.7 Å². The van der Waals surface area contributed by atoms with Crippen LogP contribution in [0.15, 0.2) is 29.3 Å². The Morgan fingerprint density at radius 2 is 1.86 bits per heavy atom. The number of nitrogens with one attached hydrogen (secondary N) is 2. The molecule has 1 aromatic rings. The number of guanidine groups is 1. The highest BCUT2D eigenvalue weighted by molar-refractivity contribution is 5.79. The second kappa shape index (κ2) is 7.52. The molecule has 1 aliphatic carbocycles. The summed E-state index contributed by atoms with van der Waals surface area (Å²) in [7, 11) is 5.95. The number of hydrogen-bond acceptors (Lipinski definition) is 2. The first-order chi connectivity index (χ1) is 10.6. The van der Waals surface area contributed by atoms with Gasteiger partial charge in [-0.05, 0) is 42.4 Å². The molecule has 1 aromatic carbocycles. The molecule has 0 amide bonds. The van der Waals surface area contributed by atoms with Crippen molar-refractivity contribution in [2.45, 2.75) is 39.2 Å². The van der Waals surface area contributed by atoms with E-state index in [4.69, 9.17) is 0 Å². The van der Waals surface area contributed by atoms with Crippen LogP contribution in [0.5, 0.6) is 0 Å². The fraction of sp³-hybridized carbons (Fsp3) is 0.611. The highest BCUT2D eigenvalue weighted by atomic mass is 15.2. The smallest absolute Gasteiger partial charge is 0.191 e. The van der Waals surface area contributed by atoms with E-state index in [1.54, 1.807) is 0 Å². The predicted octanol–water partition coefficient (Wildman–Crippen LogP) is 3.00. The summed E-state index contributed by atoms with van der Waals surface area (Å²) >= 11 is 0. The highest BCUT2D eigenvalue weighted by Crippen LogP contribution is 2.42. The van der Waals surface area contributed by atoms with E-state index < -0.39 is 0 Å². The second-order valence-corrected chi connectivity index (χ2v) is 6.55.